The summed E-state index contributed by atoms with van der Waals surface area (Å²) < 4.78 is 22.9. The van der Waals surface area contributed by atoms with Crippen LogP contribution in [0, 0.1) is 5.41 Å². The zero-order valence-corrected chi connectivity index (χ0v) is 16.4. The van der Waals surface area contributed by atoms with Crippen LogP contribution in [0.2, 0.25) is 5.15 Å². The van der Waals surface area contributed by atoms with Gasteiger partial charge < -0.3 is 15.6 Å². The van der Waals surface area contributed by atoms with E-state index in [4.69, 9.17) is 17.0 Å². The van der Waals surface area contributed by atoms with Gasteiger partial charge in [-0.15, -0.1) is 0 Å². The van der Waals surface area contributed by atoms with Gasteiger partial charge in [-0.2, -0.15) is 0 Å². The van der Waals surface area contributed by atoms with Crippen molar-refractivity contribution in [2.75, 3.05) is 37.7 Å². The molecule has 0 unspecified atom stereocenters. The zero-order valence-electron chi connectivity index (χ0n) is 14.9. The van der Waals surface area contributed by atoms with Gasteiger partial charge in [-0.05, 0) is 31.2 Å². The van der Waals surface area contributed by atoms with E-state index in [9.17, 15) is 8.42 Å². The lowest BCUT2D eigenvalue weighted by atomic mass is 10.1. The van der Waals surface area contributed by atoms with Crippen LogP contribution in [-0.4, -0.2) is 67.2 Å². The van der Waals surface area contributed by atoms with Gasteiger partial charge in [-0.1, -0.05) is 11.6 Å². The SMILES string of the molecule is N=C/C(=C\NCCCN1CCS(=O)(=O)CC1)c1cnc2ccc(Cl)nc2c1. The Balaban J connectivity index is 1.53. The van der Waals surface area contributed by atoms with Crippen LogP contribution in [0.1, 0.15) is 12.0 Å². The lowest BCUT2D eigenvalue weighted by Crippen LogP contribution is -2.41. The summed E-state index contributed by atoms with van der Waals surface area (Å²) in [6.07, 6.45) is 5.68. The number of fused-ring (bicyclic) bond motifs is 1. The molecule has 2 aromatic heterocycles. The van der Waals surface area contributed by atoms with Crippen molar-refractivity contribution in [1.29, 1.82) is 5.41 Å². The fourth-order valence-corrected chi connectivity index (χ4v) is 4.34. The molecule has 1 saturated heterocycles. The normalized spacial score (nSPS) is 17.7. The summed E-state index contributed by atoms with van der Waals surface area (Å²) in [5.74, 6) is 0.511. The Morgan fingerprint density at radius 3 is 2.81 bits per heavy atom. The minimum absolute atomic E-state index is 0.255. The number of hydrogen-bond donors (Lipinski definition) is 2. The molecule has 3 rings (SSSR count). The van der Waals surface area contributed by atoms with E-state index in [-0.39, 0.29) is 11.5 Å². The van der Waals surface area contributed by atoms with Gasteiger partial charge in [-0.25, -0.2) is 13.4 Å². The fraction of sp³-hybridized carbons (Fsp3) is 0.389. The molecule has 144 valence electrons. The topological polar surface area (TPSA) is 99.0 Å². The molecule has 7 nitrogen and oxygen atoms in total. The first-order chi connectivity index (χ1) is 13.0. The number of nitrogens with zero attached hydrogens (tertiary/aromatic N) is 3. The Bertz CT molecular complexity index is 947. The number of nitrogens with one attached hydrogen (secondary N) is 2. The third-order valence-corrected chi connectivity index (χ3v) is 6.30. The summed E-state index contributed by atoms with van der Waals surface area (Å²) in [6.45, 7) is 2.83. The molecule has 1 fully saturated rings. The summed E-state index contributed by atoms with van der Waals surface area (Å²) in [4.78, 5) is 10.8. The maximum Gasteiger partial charge on any atom is 0.152 e. The van der Waals surface area contributed by atoms with Crippen molar-refractivity contribution < 1.29 is 8.42 Å². The fourth-order valence-electron chi connectivity index (χ4n) is 2.91. The minimum Gasteiger partial charge on any atom is -0.390 e. The Kier molecular flexibility index (Phi) is 6.41. The molecule has 0 spiro atoms. The molecule has 9 heteroatoms. The lowest BCUT2D eigenvalue weighted by molar-refractivity contribution is 0.292. The van der Waals surface area contributed by atoms with E-state index >= 15 is 0 Å². The van der Waals surface area contributed by atoms with Crippen LogP contribution < -0.4 is 5.32 Å². The van der Waals surface area contributed by atoms with Crippen LogP contribution in [-0.2, 0) is 9.84 Å². The van der Waals surface area contributed by atoms with Crippen LogP contribution in [0.15, 0.2) is 30.6 Å². The van der Waals surface area contributed by atoms with Crippen LogP contribution in [0.5, 0.6) is 0 Å². The largest absolute Gasteiger partial charge is 0.390 e. The Hall–Kier alpha value is -2.03. The molecule has 0 aliphatic carbocycles. The van der Waals surface area contributed by atoms with Crippen molar-refractivity contribution in [1.82, 2.24) is 20.2 Å². The smallest absolute Gasteiger partial charge is 0.152 e. The molecule has 0 amide bonds. The van der Waals surface area contributed by atoms with E-state index in [0.717, 1.165) is 30.6 Å². The van der Waals surface area contributed by atoms with E-state index in [0.29, 0.717) is 29.3 Å². The third-order valence-electron chi connectivity index (χ3n) is 4.48. The van der Waals surface area contributed by atoms with Gasteiger partial charge in [0.2, 0.25) is 0 Å². The molecule has 2 aromatic rings. The highest BCUT2D eigenvalue weighted by molar-refractivity contribution is 7.91. The average molecular weight is 408 g/mol. The minimum atomic E-state index is -2.83. The first-order valence-corrected chi connectivity index (χ1v) is 11.0. The number of pyridine rings is 2. The second kappa shape index (κ2) is 8.77. The van der Waals surface area contributed by atoms with Crippen LogP contribution in [0.3, 0.4) is 0 Å². The zero-order chi connectivity index (χ0) is 19.3. The summed E-state index contributed by atoms with van der Waals surface area (Å²) in [5, 5.41) is 11.3. The van der Waals surface area contributed by atoms with Crippen molar-refractivity contribution in [2.24, 2.45) is 0 Å². The Morgan fingerprint density at radius 2 is 2.07 bits per heavy atom. The maximum atomic E-state index is 11.4. The second-order valence-corrected chi connectivity index (χ2v) is 9.13. The number of aromatic nitrogens is 2. The highest BCUT2D eigenvalue weighted by Crippen LogP contribution is 2.18. The quantitative estimate of drug-likeness (QED) is 0.413. The van der Waals surface area contributed by atoms with E-state index in [1.165, 1.54) is 6.21 Å². The Labute approximate surface area is 163 Å². The molecule has 0 radical (unpaired) electrons. The average Bonchev–Trinajstić information content (AvgIpc) is 2.65. The van der Waals surface area contributed by atoms with Crippen molar-refractivity contribution in [3.05, 3.63) is 41.3 Å². The van der Waals surface area contributed by atoms with Crippen molar-refractivity contribution in [2.45, 2.75) is 6.42 Å². The highest BCUT2D eigenvalue weighted by Gasteiger charge is 2.20. The number of rotatable bonds is 7. The third kappa shape index (κ3) is 5.47. The molecule has 3 heterocycles. The summed E-state index contributed by atoms with van der Waals surface area (Å²) >= 11 is 5.93. The van der Waals surface area contributed by atoms with E-state index < -0.39 is 9.84 Å². The molecule has 2 N–H and O–H groups in total. The molecule has 0 saturated carbocycles. The summed E-state index contributed by atoms with van der Waals surface area (Å²) in [5.41, 5.74) is 2.94. The van der Waals surface area contributed by atoms with Gasteiger partial charge in [0.25, 0.3) is 0 Å². The van der Waals surface area contributed by atoms with Crippen molar-refractivity contribution in [3.8, 4) is 0 Å². The van der Waals surface area contributed by atoms with Gasteiger partial charge >= 0.3 is 0 Å². The molecule has 1 aliphatic rings. The van der Waals surface area contributed by atoms with Crippen LogP contribution in [0.4, 0.5) is 0 Å². The van der Waals surface area contributed by atoms with Crippen LogP contribution in [0.25, 0.3) is 16.6 Å². The summed E-state index contributed by atoms with van der Waals surface area (Å²) in [6, 6.07) is 5.37. The maximum absolute atomic E-state index is 11.4. The first kappa shape index (κ1) is 19.7. The van der Waals surface area contributed by atoms with Gasteiger partial charge in [0.05, 0.1) is 22.5 Å². The first-order valence-electron chi connectivity index (χ1n) is 8.76. The predicted molar refractivity (Wildman–Crippen MR) is 109 cm³/mol. The Morgan fingerprint density at radius 1 is 1.30 bits per heavy atom. The number of hydrogen-bond acceptors (Lipinski definition) is 7. The van der Waals surface area contributed by atoms with Gasteiger partial charge in [0, 0.05) is 49.4 Å². The molecule has 0 aromatic carbocycles. The standard InChI is InChI=1S/C18H22ClN5O2S/c19-18-3-2-16-17(23-18)10-14(13-22-16)15(11-20)12-21-4-1-5-24-6-8-27(25,26)9-7-24/h2-3,10-13,20-21H,1,4-9H2/b15-12+,20-11?. The van der Waals surface area contributed by atoms with E-state index in [1.54, 1.807) is 18.5 Å². The van der Waals surface area contributed by atoms with Crippen molar-refractivity contribution in [3.63, 3.8) is 0 Å². The van der Waals surface area contributed by atoms with Crippen molar-refractivity contribution >= 4 is 44.3 Å². The molecule has 27 heavy (non-hydrogen) atoms. The van der Waals surface area contributed by atoms with Gasteiger partial charge in [0.1, 0.15) is 5.15 Å². The second-order valence-electron chi connectivity index (χ2n) is 6.44. The highest BCUT2D eigenvalue weighted by atomic mass is 35.5. The molecule has 0 atom stereocenters. The predicted octanol–water partition coefficient (Wildman–Crippen LogP) is 1.98. The lowest BCUT2D eigenvalue weighted by Gasteiger charge is -2.26. The molecular weight excluding hydrogens is 386 g/mol. The van der Waals surface area contributed by atoms with E-state index in [1.807, 2.05) is 12.1 Å². The van der Waals surface area contributed by atoms with Gasteiger partial charge in [0.15, 0.2) is 9.84 Å². The van der Waals surface area contributed by atoms with E-state index in [2.05, 4.69) is 20.2 Å². The molecule has 0 bridgehead atoms. The van der Waals surface area contributed by atoms with Gasteiger partial charge in [-0.3, -0.25) is 4.98 Å². The number of halogens is 1. The van der Waals surface area contributed by atoms with Crippen LogP contribution >= 0.6 is 11.6 Å². The number of allylic oxidation sites excluding steroid dienone is 1. The summed E-state index contributed by atoms with van der Waals surface area (Å²) in [7, 11) is -2.83. The molecule has 1 aliphatic heterocycles. The monoisotopic (exact) mass is 407 g/mol. The number of sulfone groups is 1. The molecular formula is C18H22ClN5O2S.